The largest absolute Gasteiger partial charge is 0.461 e. The number of piperazine rings is 1. The summed E-state index contributed by atoms with van der Waals surface area (Å²) in [4.78, 5) is 32.2. The predicted octanol–water partition coefficient (Wildman–Crippen LogP) is 4.52. The highest BCUT2D eigenvalue weighted by molar-refractivity contribution is 6.30. The van der Waals surface area contributed by atoms with Crippen molar-refractivity contribution in [3.05, 3.63) is 53.6 Å². The van der Waals surface area contributed by atoms with Crippen molar-refractivity contribution in [2.75, 3.05) is 37.7 Å². The normalized spacial score (nSPS) is 24.1. The number of fused-ring (bicyclic) bond motifs is 4. The van der Waals surface area contributed by atoms with E-state index in [-0.39, 0.29) is 40.4 Å². The van der Waals surface area contributed by atoms with E-state index in [1.54, 1.807) is 4.90 Å². The average Bonchev–Trinajstić information content (AvgIpc) is 3.42. The molecule has 0 aliphatic carbocycles. The summed E-state index contributed by atoms with van der Waals surface area (Å²) >= 11 is 6.03. The third-order valence-corrected chi connectivity index (χ3v) is 7.98. The smallest absolute Gasteiger partial charge is 0.411 e. The molecule has 0 saturated carbocycles. The number of pyridine rings is 1. The first kappa shape index (κ1) is 26.0. The molecule has 3 fully saturated rings. The van der Waals surface area contributed by atoms with Crippen LogP contribution in [0.15, 0.2) is 42.7 Å². The van der Waals surface area contributed by atoms with Crippen LogP contribution in [0.25, 0.3) is 10.9 Å². The van der Waals surface area contributed by atoms with E-state index in [0.717, 1.165) is 37.1 Å². The van der Waals surface area contributed by atoms with Crippen LogP contribution in [-0.4, -0.2) is 86.9 Å². The first-order valence-electron chi connectivity index (χ1n) is 13.1. The Bertz CT molecular complexity index is 1390. The minimum absolute atomic E-state index is 0.0471. The van der Waals surface area contributed by atoms with Crippen LogP contribution < -0.4 is 9.64 Å². The first-order valence-corrected chi connectivity index (χ1v) is 13.5. The van der Waals surface area contributed by atoms with E-state index in [1.807, 2.05) is 37.8 Å². The molecule has 0 spiro atoms. The molecule has 0 radical (unpaired) electrons. The van der Waals surface area contributed by atoms with Gasteiger partial charge in [-0.3, -0.25) is 9.80 Å². The Balaban J connectivity index is 1.30. The fourth-order valence-electron chi connectivity index (χ4n) is 6.23. The summed E-state index contributed by atoms with van der Waals surface area (Å²) in [6.45, 7) is 16.7. The molecule has 0 N–H and O–H groups in total. The summed E-state index contributed by atoms with van der Waals surface area (Å²) in [5.41, 5.74) is 1.51. The lowest BCUT2D eigenvalue weighted by atomic mass is 9.92. The zero-order valence-corrected chi connectivity index (χ0v) is 23.2. The average molecular weight is 555 g/mol. The number of nitrogens with zero attached hydrogens (tertiary/aromatic N) is 6. The van der Waals surface area contributed by atoms with Crippen molar-refractivity contribution < 1.29 is 18.7 Å². The second kappa shape index (κ2) is 9.16. The Morgan fingerprint density at radius 3 is 2.41 bits per heavy atom. The number of carbonyl (C=O) groups is 1. The van der Waals surface area contributed by atoms with E-state index in [9.17, 15) is 4.79 Å². The van der Waals surface area contributed by atoms with Crippen molar-refractivity contribution in [1.82, 2.24) is 24.8 Å². The minimum atomic E-state index is -0.723. The third kappa shape index (κ3) is 4.63. The third-order valence-electron chi connectivity index (χ3n) is 7.72. The van der Waals surface area contributed by atoms with Crippen LogP contribution >= 0.6 is 11.6 Å². The van der Waals surface area contributed by atoms with Crippen molar-refractivity contribution >= 4 is 34.4 Å². The Kier molecular flexibility index (Phi) is 6.11. The van der Waals surface area contributed by atoms with Crippen molar-refractivity contribution in [2.45, 2.75) is 56.8 Å². The van der Waals surface area contributed by atoms with E-state index in [4.69, 9.17) is 26.1 Å². The molecule has 2 bridgehead atoms. The predicted molar refractivity (Wildman–Crippen MR) is 147 cm³/mol. The van der Waals surface area contributed by atoms with E-state index in [0.29, 0.717) is 30.9 Å². The van der Waals surface area contributed by atoms with Gasteiger partial charge in [-0.15, -0.1) is 0 Å². The van der Waals surface area contributed by atoms with Crippen molar-refractivity contribution in [3.8, 4) is 6.01 Å². The molecule has 206 valence electrons. The molecule has 6 rings (SSSR count). The number of aromatic nitrogens is 3. The van der Waals surface area contributed by atoms with Crippen LogP contribution in [0.1, 0.15) is 33.6 Å². The van der Waals surface area contributed by atoms with Crippen LogP contribution in [-0.2, 0) is 4.74 Å². The molecule has 4 aliphatic rings. The molecule has 9 nitrogen and oxygen atoms in total. The van der Waals surface area contributed by atoms with E-state index >= 15 is 4.39 Å². The molecule has 39 heavy (non-hydrogen) atoms. The van der Waals surface area contributed by atoms with E-state index in [2.05, 4.69) is 28.0 Å². The molecule has 0 aromatic carbocycles. The molecule has 0 unspecified atom stereocenters. The zero-order chi connectivity index (χ0) is 27.7. The Labute approximate surface area is 231 Å². The summed E-state index contributed by atoms with van der Waals surface area (Å²) in [6, 6.07) is -0.378. The van der Waals surface area contributed by atoms with E-state index < -0.39 is 11.4 Å². The fraction of sp³-hybridized carbons (Fsp3) is 0.500. The molecule has 3 saturated heterocycles. The Morgan fingerprint density at radius 2 is 1.79 bits per heavy atom. The number of rotatable bonds is 4. The number of carbonyl (C=O) groups excluding carboxylic acids is 1. The summed E-state index contributed by atoms with van der Waals surface area (Å²) in [6.07, 6.45) is 6.73. The maximum Gasteiger partial charge on any atom is 0.411 e. The maximum atomic E-state index is 15.2. The second-order valence-electron chi connectivity index (χ2n) is 12.0. The van der Waals surface area contributed by atoms with Crippen molar-refractivity contribution in [3.63, 3.8) is 0 Å². The summed E-state index contributed by atoms with van der Waals surface area (Å²) in [7, 11) is 0. The molecular formula is C28H32ClFN6O3. The quantitative estimate of drug-likeness (QED) is 0.403. The molecule has 2 atom stereocenters. The van der Waals surface area contributed by atoms with Crippen LogP contribution in [0, 0.1) is 5.82 Å². The van der Waals surface area contributed by atoms with Crippen molar-refractivity contribution in [1.29, 1.82) is 0 Å². The van der Waals surface area contributed by atoms with Crippen molar-refractivity contribution in [2.24, 2.45) is 0 Å². The molecule has 6 heterocycles. The van der Waals surface area contributed by atoms with Gasteiger partial charge in [0, 0.05) is 32.4 Å². The zero-order valence-electron chi connectivity index (χ0n) is 22.4. The molecule has 1 amide bonds. The monoisotopic (exact) mass is 554 g/mol. The Hall–Kier alpha value is -3.24. The number of hydrogen-bond donors (Lipinski definition) is 0. The fourth-order valence-corrected chi connectivity index (χ4v) is 6.37. The van der Waals surface area contributed by atoms with Crippen LogP contribution in [0.2, 0.25) is 5.15 Å². The van der Waals surface area contributed by atoms with Gasteiger partial charge in [0.25, 0.3) is 0 Å². The van der Waals surface area contributed by atoms with E-state index in [1.165, 1.54) is 6.20 Å². The van der Waals surface area contributed by atoms with Crippen LogP contribution in [0.5, 0.6) is 6.01 Å². The molecule has 2 aromatic heterocycles. The lowest BCUT2D eigenvalue weighted by Crippen LogP contribution is -2.57. The van der Waals surface area contributed by atoms with Gasteiger partial charge in [0.2, 0.25) is 0 Å². The van der Waals surface area contributed by atoms with Gasteiger partial charge in [0.15, 0.2) is 11.0 Å². The number of halogens is 2. The SMILES string of the molecule is C=C1CN2CC(=C)CC2(COc2nc(N3C[C@H]4C=C[C@@H](C3)N4C(=O)OC(C)(C)C)c3cnc(Cl)c(F)c3n2)C1. The number of hydrogen-bond acceptors (Lipinski definition) is 8. The second-order valence-corrected chi connectivity index (χ2v) is 12.3. The van der Waals surface area contributed by atoms with Gasteiger partial charge in [-0.05, 0) is 33.6 Å². The Morgan fingerprint density at radius 1 is 1.15 bits per heavy atom. The van der Waals surface area contributed by atoms with Gasteiger partial charge in [-0.2, -0.15) is 9.97 Å². The van der Waals surface area contributed by atoms with Gasteiger partial charge in [0.1, 0.15) is 23.5 Å². The van der Waals surface area contributed by atoms with Gasteiger partial charge in [0.05, 0.1) is 23.0 Å². The maximum absolute atomic E-state index is 15.2. The minimum Gasteiger partial charge on any atom is -0.461 e. The highest BCUT2D eigenvalue weighted by Crippen LogP contribution is 2.43. The van der Waals surface area contributed by atoms with Gasteiger partial charge in [-0.25, -0.2) is 14.2 Å². The number of anilines is 1. The van der Waals surface area contributed by atoms with Gasteiger partial charge < -0.3 is 14.4 Å². The van der Waals surface area contributed by atoms with Crippen LogP contribution in [0.3, 0.4) is 0 Å². The number of amides is 1. The van der Waals surface area contributed by atoms with Crippen LogP contribution in [0.4, 0.5) is 15.0 Å². The molecule has 11 heteroatoms. The number of ether oxygens (including phenoxy) is 2. The molecular weight excluding hydrogens is 523 g/mol. The highest BCUT2D eigenvalue weighted by Gasteiger charge is 2.48. The van der Waals surface area contributed by atoms with Gasteiger partial charge in [-0.1, -0.05) is 48.1 Å². The standard InChI is InChI=1S/C28H32ClFN6O3/c1-16-8-28(9-17(2)12-35(28)11-16)15-38-25-32-22-20(10-31-23(29)21(22)30)24(33-25)34-13-18-6-7-19(14-34)36(18)26(37)39-27(3,4)5/h6-7,10,18-19H,1-2,8-9,11-15H2,3-5H3/t18-,19+. The molecule has 4 aliphatic heterocycles. The summed E-state index contributed by atoms with van der Waals surface area (Å²) in [5.74, 6) is -0.235. The lowest BCUT2D eigenvalue weighted by Gasteiger charge is -2.42. The summed E-state index contributed by atoms with van der Waals surface area (Å²) in [5, 5.41) is 0.163. The first-order chi connectivity index (χ1) is 18.4. The lowest BCUT2D eigenvalue weighted by molar-refractivity contribution is 0.0146. The summed E-state index contributed by atoms with van der Waals surface area (Å²) < 4.78 is 27.0. The molecule has 2 aromatic rings. The van der Waals surface area contributed by atoms with Gasteiger partial charge >= 0.3 is 12.1 Å². The topological polar surface area (TPSA) is 83.9 Å². The highest BCUT2D eigenvalue weighted by atomic mass is 35.5.